The highest BCUT2D eigenvalue weighted by molar-refractivity contribution is 4.92. The zero-order valence-electron chi connectivity index (χ0n) is 7.05. The fourth-order valence-electron chi connectivity index (χ4n) is 1.66. The van der Waals surface area contributed by atoms with Gasteiger partial charge < -0.3 is 9.84 Å². The van der Waals surface area contributed by atoms with Gasteiger partial charge in [0.05, 0.1) is 11.9 Å². The number of allylic oxidation sites excluding steroid dienone is 1. The third kappa shape index (κ3) is 2.22. The van der Waals surface area contributed by atoms with E-state index in [1.165, 1.54) is 0 Å². The SMILES string of the molecule is C=C(O)C1CCCC(OC)C1. The number of hydrogen-bond donors (Lipinski definition) is 1. The fraction of sp³-hybridized carbons (Fsp3) is 0.778. The van der Waals surface area contributed by atoms with Crippen LogP contribution in [0.2, 0.25) is 0 Å². The molecule has 0 spiro atoms. The number of aliphatic hydroxyl groups excluding tert-OH is 1. The van der Waals surface area contributed by atoms with E-state index in [9.17, 15) is 0 Å². The van der Waals surface area contributed by atoms with E-state index in [1.807, 2.05) is 0 Å². The van der Waals surface area contributed by atoms with Crippen LogP contribution in [0.25, 0.3) is 0 Å². The molecule has 0 radical (unpaired) electrons. The zero-order chi connectivity index (χ0) is 8.27. The molecule has 0 aromatic rings. The lowest BCUT2D eigenvalue weighted by Crippen LogP contribution is -2.22. The molecule has 0 heterocycles. The first-order valence-corrected chi connectivity index (χ1v) is 4.14. The summed E-state index contributed by atoms with van der Waals surface area (Å²) < 4.78 is 5.22. The van der Waals surface area contributed by atoms with E-state index in [0.717, 1.165) is 25.7 Å². The maximum atomic E-state index is 9.14. The molecule has 0 aliphatic heterocycles. The van der Waals surface area contributed by atoms with E-state index in [0.29, 0.717) is 11.9 Å². The van der Waals surface area contributed by atoms with Crippen LogP contribution in [0.1, 0.15) is 25.7 Å². The minimum atomic E-state index is 0.272. The molecular formula is C9H16O2. The first-order chi connectivity index (χ1) is 5.24. The summed E-state index contributed by atoms with van der Waals surface area (Å²) in [6, 6.07) is 0. The summed E-state index contributed by atoms with van der Waals surface area (Å²) in [5.41, 5.74) is 0. The topological polar surface area (TPSA) is 29.5 Å². The average molecular weight is 156 g/mol. The third-order valence-corrected chi connectivity index (χ3v) is 2.43. The van der Waals surface area contributed by atoms with Crippen molar-refractivity contribution in [3.8, 4) is 0 Å². The summed E-state index contributed by atoms with van der Waals surface area (Å²) >= 11 is 0. The predicted octanol–water partition coefficient (Wildman–Crippen LogP) is 2.26. The Bertz CT molecular complexity index is 142. The summed E-state index contributed by atoms with van der Waals surface area (Å²) in [5.74, 6) is 0.598. The van der Waals surface area contributed by atoms with Gasteiger partial charge >= 0.3 is 0 Å². The number of methoxy groups -OCH3 is 1. The van der Waals surface area contributed by atoms with Crippen LogP contribution in [0, 0.1) is 5.92 Å². The van der Waals surface area contributed by atoms with Crippen LogP contribution in [0.15, 0.2) is 12.3 Å². The van der Waals surface area contributed by atoms with Crippen molar-refractivity contribution in [2.75, 3.05) is 7.11 Å². The van der Waals surface area contributed by atoms with E-state index in [2.05, 4.69) is 6.58 Å². The molecule has 64 valence electrons. The van der Waals surface area contributed by atoms with Crippen molar-refractivity contribution in [2.24, 2.45) is 5.92 Å². The Morgan fingerprint density at radius 2 is 2.27 bits per heavy atom. The average Bonchev–Trinajstić information content (AvgIpc) is 2.05. The van der Waals surface area contributed by atoms with Crippen LogP contribution >= 0.6 is 0 Å². The maximum Gasteiger partial charge on any atom is 0.0882 e. The molecule has 2 nitrogen and oxygen atoms in total. The Kier molecular flexibility index (Phi) is 2.94. The second-order valence-electron chi connectivity index (χ2n) is 3.21. The van der Waals surface area contributed by atoms with Crippen molar-refractivity contribution < 1.29 is 9.84 Å². The quantitative estimate of drug-likeness (QED) is 0.621. The monoisotopic (exact) mass is 156 g/mol. The highest BCUT2D eigenvalue weighted by atomic mass is 16.5. The molecule has 2 heteroatoms. The standard InChI is InChI=1S/C9H16O2/c1-7(10)8-4-3-5-9(6-8)11-2/h8-10H,1,3-6H2,2H3. The van der Waals surface area contributed by atoms with Gasteiger partial charge in [0.15, 0.2) is 0 Å². The molecule has 1 aliphatic rings. The minimum absolute atomic E-state index is 0.272. The van der Waals surface area contributed by atoms with Crippen molar-refractivity contribution in [2.45, 2.75) is 31.8 Å². The number of rotatable bonds is 2. The molecule has 0 saturated heterocycles. The highest BCUT2D eigenvalue weighted by Crippen LogP contribution is 2.29. The first-order valence-electron chi connectivity index (χ1n) is 4.14. The molecule has 2 atom stereocenters. The largest absolute Gasteiger partial charge is 0.513 e. The van der Waals surface area contributed by atoms with Crippen molar-refractivity contribution in [1.82, 2.24) is 0 Å². The fourth-order valence-corrected chi connectivity index (χ4v) is 1.66. The summed E-state index contributed by atoms with van der Waals surface area (Å²) in [5, 5.41) is 9.14. The lowest BCUT2D eigenvalue weighted by Gasteiger charge is -2.27. The summed E-state index contributed by atoms with van der Waals surface area (Å²) in [6.07, 6.45) is 4.60. The zero-order valence-corrected chi connectivity index (χ0v) is 7.05. The van der Waals surface area contributed by atoms with Gasteiger partial charge in [0.2, 0.25) is 0 Å². The van der Waals surface area contributed by atoms with E-state index in [4.69, 9.17) is 9.84 Å². The molecule has 0 aromatic carbocycles. The molecule has 1 N–H and O–H groups in total. The van der Waals surface area contributed by atoms with Gasteiger partial charge in [0, 0.05) is 13.0 Å². The smallest absolute Gasteiger partial charge is 0.0882 e. The summed E-state index contributed by atoms with van der Waals surface area (Å²) in [7, 11) is 1.73. The van der Waals surface area contributed by atoms with Gasteiger partial charge in [-0.2, -0.15) is 0 Å². The molecule has 1 saturated carbocycles. The third-order valence-electron chi connectivity index (χ3n) is 2.43. The number of ether oxygens (including phenoxy) is 1. The Balaban J connectivity index is 2.39. The van der Waals surface area contributed by atoms with Crippen molar-refractivity contribution in [3.63, 3.8) is 0 Å². The molecule has 0 aromatic heterocycles. The Morgan fingerprint density at radius 3 is 2.82 bits per heavy atom. The highest BCUT2D eigenvalue weighted by Gasteiger charge is 2.23. The lowest BCUT2D eigenvalue weighted by molar-refractivity contribution is 0.0497. The van der Waals surface area contributed by atoms with Crippen LogP contribution < -0.4 is 0 Å². The van der Waals surface area contributed by atoms with Gasteiger partial charge in [-0.3, -0.25) is 0 Å². The predicted molar refractivity (Wildman–Crippen MR) is 44.5 cm³/mol. The van der Waals surface area contributed by atoms with Crippen LogP contribution in [0.3, 0.4) is 0 Å². The van der Waals surface area contributed by atoms with Gasteiger partial charge in [-0.25, -0.2) is 0 Å². The van der Waals surface area contributed by atoms with Gasteiger partial charge in [-0.05, 0) is 19.3 Å². The van der Waals surface area contributed by atoms with Gasteiger partial charge in [-0.15, -0.1) is 0 Å². The van der Waals surface area contributed by atoms with Crippen molar-refractivity contribution in [1.29, 1.82) is 0 Å². The van der Waals surface area contributed by atoms with E-state index in [1.54, 1.807) is 7.11 Å². The summed E-state index contributed by atoms with van der Waals surface area (Å²) in [4.78, 5) is 0. The van der Waals surface area contributed by atoms with E-state index >= 15 is 0 Å². The van der Waals surface area contributed by atoms with Crippen molar-refractivity contribution in [3.05, 3.63) is 12.3 Å². The molecule has 1 rings (SSSR count). The Labute approximate surface area is 67.9 Å². The molecule has 11 heavy (non-hydrogen) atoms. The van der Waals surface area contributed by atoms with E-state index < -0.39 is 0 Å². The Hall–Kier alpha value is -0.500. The van der Waals surface area contributed by atoms with Gasteiger partial charge in [0.25, 0.3) is 0 Å². The molecule has 2 unspecified atom stereocenters. The molecule has 0 bridgehead atoms. The van der Waals surface area contributed by atoms with Gasteiger partial charge in [0.1, 0.15) is 0 Å². The van der Waals surface area contributed by atoms with Crippen LogP contribution in [-0.4, -0.2) is 18.3 Å². The molecule has 1 fully saturated rings. The Morgan fingerprint density at radius 1 is 1.55 bits per heavy atom. The second-order valence-corrected chi connectivity index (χ2v) is 3.21. The molecule has 1 aliphatic carbocycles. The first kappa shape index (κ1) is 8.60. The lowest BCUT2D eigenvalue weighted by atomic mass is 9.86. The van der Waals surface area contributed by atoms with Gasteiger partial charge in [-0.1, -0.05) is 13.0 Å². The normalized spacial score (nSPS) is 31.7. The number of hydrogen-bond acceptors (Lipinski definition) is 2. The second kappa shape index (κ2) is 3.77. The maximum absolute atomic E-state index is 9.14. The van der Waals surface area contributed by atoms with Crippen molar-refractivity contribution >= 4 is 0 Å². The van der Waals surface area contributed by atoms with Crippen LogP contribution in [0.5, 0.6) is 0 Å². The number of aliphatic hydroxyl groups is 1. The van der Waals surface area contributed by atoms with E-state index in [-0.39, 0.29) is 5.92 Å². The van der Waals surface area contributed by atoms with Crippen LogP contribution in [-0.2, 0) is 4.74 Å². The summed E-state index contributed by atoms with van der Waals surface area (Å²) in [6.45, 7) is 3.55. The molecular weight excluding hydrogens is 140 g/mol. The van der Waals surface area contributed by atoms with Crippen LogP contribution in [0.4, 0.5) is 0 Å². The molecule has 0 amide bonds. The minimum Gasteiger partial charge on any atom is -0.513 e.